The molecule has 10 heteroatoms. The number of fused-ring (bicyclic) bond motifs is 1. The molecule has 0 bridgehead atoms. The number of nitrogens with one attached hydrogen (secondary N) is 2. The fourth-order valence-corrected chi connectivity index (χ4v) is 7.30. The molecule has 4 aromatic rings. The van der Waals surface area contributed by atoms with E-state index in [9.17, 15) is 13.2 Å². The summed E-state index contributed by atoms with van der Waals surface area (Å²) in [6.07, 6.45) is 1.98. The third-order valence-electron chi connectivity index (χ3n) is 5.68. The predicted octanol–water partition coefficient (Wildman–Crippen LogP) is 5.13. The molecule has 1 aliphatic heterocycles. The highest BCUT2D eigenvalue weighted by Gasteiger charge is 2.38. The number of aromatic amines is 1. The molecular weight excluding hydrogens is 480 g/mol. The number of carbonyl (C=O) groups excluding carboxylic acids is 1. The first-order valence-corrected chi connectivity index (χ1v) is 13.2. The molecule has 0 aliphatic carbocycles. The van der Waals surface area contributed by atoms with Crippen molar-refractivity contribution in [3.63, 3.8) is 0 Å². The topological polar surface area (TPSA) is 95.2 Å². The summed E-state index contributed by atoms with van der Waals surface area (Å²) in [6.45, 7) is 0.306. The minimum absolute atomic E-state index is 0.155. The van der Waals surface area contributed by atoms with Gasteiger partial charge < -0.3 is 10.3 Å². The third-order valence-corrected chi connectivity index (χ3v) is 9.29. The van der Waals surface area contributed by atoms with Gasteiger partial charge in [-0.2, -0.15) is 4.31 Å². The first kappa shape index (κ1) is 22.1. The number of hydrogen-bond acceptors (Lipinski definition) is 5. The maximum atomic E-state index is 13.1. The molecule has 1 fully saturated rings. The van der Waals surface area contributed by atoms with Crippen molar-refractivity contribution in [3.05, 3.63) is 65.0 Å². The second-order valence-electron chi connectivity index (χ2n) is 7.86. The van der Waals surface area contributed by atoms with Gasteiger partial charge in [-0.1, -0.05) is 30.2 Å². The third kappa shape index (κ3) is 4.41. The average molecular weight is 501 g/mol. The molecule has 1 saturated heterocycles. The van der Waals surface area contributed by atoms with Crippen molar-refractivity contribution in [1.29, 1.82) is 0 Å². The van der Waals surface area contributed by atoms with Crippen molar-refractivity contribution in [3.8, 4) is 11.4 Å². The van der Waals surface area contributed by atoms with Gasteiger partial charge in [0.15, 0.2) is 0 Å². The Hall–Kier alpha value is -2.72. The van der Waals surface area contributed by atoms with Gasteiger partial charge in [0.05, 0.1) is 15.4 Å². The highest BCUT2D eigenvalue weighted by atomic mass is 35.5. The molecule has 1 amide bonds. The number of piperidine rings is 1. The number of imidazole rings is 1. The van der Waals surface area contributed by atoms with Gasteiger partial charge in [-0.15, -0.1) is 11.3 Å². The van der Waals surface area contributed by atoms with Crippen LogP contribution < -0.4 is 5.32 Å². The number of rotatable bonds is 5. The minimum Gasteiger partial charge on any atom is -0.338 e. The number of halogens is 1. The number of thiophene rings is 1. The number of para-hydroxylation sites is 2. The monoisotopic (exact) mass is 500 g/mol. The molecule has 1 unspecified atom stereocenters. The Labute approximate surface area is 200 Å². The Kier molecular flexibility index (Phi) is 5.96. The molecule has 3 heterocycles. The van der Waals surface area contributed by atoms with Crippen molar-refractivity contribution in [1.82, 2.24) is 14.3 Å². The lowest BCUT2D eigenvalue weighted by atomic mass is 10.0. The number of nitrogens with zero attached hydrogens (tertiary/aromatic N) is 2. The molecule has 5 rings (SSSR count). The maximum absolute atomic E-state index is 13.1. The van der Waals surface area contributed by atoms with E-state index in [2.05, 4.69) is 15.3 Å². The molecule has 2 aromatic heterocycles. The lowest BCUT2D eigenvalue weighted by Crippen LogP contribution is -2.49. The normalized spacial score (nSPS) is 17.3. The van der Waals surface area contributed by atoms with E-state index in [1.165, 1.54) is 10.4 Å². The second kappa shape index (κ2) is 8.90. The molecule has 1 atom stereocenters. The van der Waals surface area contributed by atoms with Gasteiger partial charge in [0.25, 0.3) is 10.0 Å². The summed E-state index contributed by atoms with van der Waals surface area (Å²) in [5, 5.41) is 2.88. The zero-order valence-corrected chi connectivity index (χ0v) is 19.9. The van der Waals surface area contributed by atoms with Gasteiger partial charge in [-0.25, -0.2) is 13.4 Å². The van der Waals surface area contributed by atoms with Crippen LogP contribution in [-0.4, -0.2) is 41.2 Å². The van der Waals surface area contributed by atoms with Gasteiger partial charge >= 0.3 is 0 Å². The quantitative estimate of drug-likeness (QED) is 0.397. The van der Waals surface area contributed by atoms with E-state index in [0.717, 1.165) is 40.2 Å². The summed E-state index contributed by atoms with van der Waals surface area (Å²) >= 11 is 6.94. The summed E-state index contributed by atoms with van der Waals surface area (Å²) in [4.78, 5) is 20.9. The van der Waals surface area contributed by atoms with Crippen LogP contribution in [0.3, 0.4) is 0 Å². The molecule has 2 aromatic carbocycles. The molecule has 1 aliphatic rings. The van der Waals surface area contributed by atoms with E-state index in [-0.39, 0.29) is 10.1 Å². The number of carbonyl (C=O) groups is 1. The number of benzene rings is 2. The average Bonchev–Trinajstić information content (AvgIpc) is 3.46. The van der Waals surface area contributed by atoms with Crippen molar-refractivity contribution in [2.45, 2.75) is 29.5 Å². The van der Waals surface area contributed by atoms with Crippen LogP contribution in [0.4, 0.5) is 5.69 Å². The summed E-state index contributed by atoms with van der Waals surface area (Å²) in [5.74, 6) is 0.408. The van der Waals surface area contributed by atoms with Crippen LogP contribution in [0.25, 0.3) is 22.4 Å². The van der Waals surface area contributed by atoms with Gasteiger partial charge in [0, 0.05) is 17.8 Å². The van der Waals surface area contributed by atoms with E-state index in [1.54, 1.807) is 18.2 Å². The smallest absolute Gasteiger partial charge is 0.253 e. The molecule has 0 radical (unpaired) electrons. The Balaban J connectivity index is 1.33. The van der Waals surface area contributed by atoms with E-state index in [4.69, 9.17) is 11.6 Å². The Morgan fingerprint density at radius 1 is 1.09 bits per heavy atom. The Bertz CT molecular complexity index is 1380. The molecule has 33 heavy (non-hydrogen) atoms. The first-order valence-electron chi connectivity index (χ1n) is 10.5. The molecular formula is C23H21ClN4O3S2. The van der Waals surface area contributed by atoms with Crippen LogP contribution in [0.5, 0.6) is 0 Å². The Morgan fingerprint density at radius 2 is 1.88 bits per heavy atom. The van der Waals surface area contributed by atoms with Crippen LogP contribution >= 0.6 is 22.9 Å². The van der Waals surface area contributed by atoms with Gasteiger partial charge in [0.1, 0.15) is 16.1 Å². The SMILES string of the molecule is O=C(Nc1ccc(-c2nc3ccccc3[nH]2)cc1)C1CCCCN1S(=O)(=O)c1ccc(Cl)s1. The van der Waals surface area contributed by atoms with E-state index in [0.29, 0.717) is 29.4 Å². The van der Waals surface area contributed by atoms with Crippen molar-refractivity contribution >= 4 is 55.6 Å². The molecule has 170 valence electrons. The Morgan fingerprint density at radius 3 is 2.61 bits per heavy atom. The molecule has 0 saturated carbocycles. The number of H-pyrrole nitrogens is 1. The summed E-state index contributed by atoms with van der Waals surface area (Å²) in [7, 11) is -3.79. The zero-order valence-electron chi connectivity index (χ0n) is 17.5. The number of amides is 1. The van der Waals surface area contributed by atoms with Crippen molar-refractivity contribution in [2.24, 2.45) is 0 Å². The minimum atomic E-state index is -3.79. The van der Waals surface area contributed by atoms with E-state index in [1.807, 2.05) is 36.4 Å². The zero-order chi connectivity index (χ0) is 23.0. The van der Waals surface area contributed by atoms with Crippen molar-refractivity contribution in [2.75, 3.05) is 11.9 Å². The highest BCUT2D eigenvalue weighted by Crippen LogP contribution is 2.32. The van der Waals surface area contributed by atoms with Crippen molar-refractivity contribution < 1.29 is 13.2 Å². The lowest BCUT2D eigenvalue weighted by molar-refractivity contribution is -0.120. The van der Waals surface area contributed by atoms with Gasteiger partial charge in [0.2, 0.25) is 5.91 Å². The van der Waals surface area contributed by atoms with Gasteiger partial charge in [-0.05, 0) is 61.4 Å². The summed E-state index contributed by atoms with van der Waals surface area (Å²) in [5.41, 5.74) is 3.33. The largest absolute Gasteiger partial charge is 0.338 e. The van der Waals surface area contributed by atoms with E-state index >= 15 is 0 Å². The van der Waals surface area contributed by atoms with Crippen LogP contribution in [0.2, 0.25) is 4.34 Å². The number of aromatic nitrogens is 2. The lowest BCUT2D eigenvalue weighted by Gasteiger charge is -2.33. The number of hydrogen-bond donors (Lipinski definition) is 2. The second-order valence-corrected chi connectivity index (χ2v) is 11.7. The first-order chi connectivity index (χ1) is 15.9. The summed E-state index contributed by atoms with van der Waals surface area (Å²) < 4.78 is 28.1. The van der Waals surface area contributed by atoms with Crippen LogP contribution in [0, 0.1) is 0 Å². The van der Waals surface area contributed by atoms with E-state index < -0.39 is 16.1 Å². The standard InChI is InChI=1S/C23H21ClN4O3S2/c24-20-12-13-21(32-20)33(30,31)28-14-4-3-7-19(28)23(29)25-16-10-8-15(9-11-16)22-26-17-5-1-2-6-18(17)27-22/h1-2,5-6,8-13,19H,3-4,7,14H2,(H,25,29)(H,26,27). The fraction of sp³-hybridized carbons (Fsp3) is 0.217. The van der Waals surface area contributed by atoms with Gasteiger partial charge in [-0.3, -0.25) is 4.79 Å². The highest BCUT2D eigenvalue weighted by molar-refractivity contribution is 7.91. The number of sulfonamides is 1. The maximum Gasteiger partial charge on any atom is 0.253 e. The van der Waals surface area contributed by atoms with Crippen LogP contribution in [0.15, 0.2) is 64.9 Å². The summed E-state index contributed by atoms with van der Waals surface area (Å²) in [6, 6.07) is 17.4. The fourth-order valence-electron chi connectivity index (χ4n) is 4.03. The number of anilines is 1. The van der Waals surface area contributed by atoms with Crippen LogP contribution in [0.1, 0.15) is 19.3 Å². The molecule has 0 spiro atoms. The predicted molar refractivity (Wildman–Crippen MR) is 131 cm³/mol. The molecule has 7 nitrogen and oxygen atoms in total. The van der Waals surface area contributed by atoms with Crippen LogP contribution in [-0.2, 0) is 14.8 Å². The molecule has 2 N–H and O–H groups in total.